The second-order valence-corrected chi connectivity index (χ2v) is 7.23. The summed E-state index contributed by atoms with van der Waals surface area (Å²) in [5, 5.41) is 7.80. The van der Waals surface area contributed by atoms with E-state index in [1.54, 1.807) is 23.0 Å². The molecule has 0 bridgehead atoms. The number of nitrogens with zero attached hydrogens (tertiary/aromatic N) is 5. The molecule has 3 aromatic rings. The molecule has 8 heteroatoms. The minimum atomic E-state index is -0.0705. The molecule has 1 amide bonds. The first-order valence-corrected chi connectivity index (χ1v) is 9.63. The molecule has 1 saturated heterocycles. The third kappa shape index (κ3) is 3.65. The summed E-state index contributed by atoms with van der Waals surface area (Å²) in [5.74, 6) is 0.715. The number of thioether (sulfide) groups is 1. The Morgan fingerprint density at radius 3 is 2.92 bits per heavy atom. The molecule has 1 aliphatic rings. The van der Waals surface area contributed by atoms with Crippen molar-refractivity contribution in [3.05, 3.63) is 42.2 Å². The van der Waals surface area contributed by atoms with Gasteiger partial charge in [0.1, 0.15) is 0 Å². The summed E-state index contributed by atoms with van der Waals surface area (Å²) < 4.78 is 1.60. The number of hydrogen-bond donors (Lipinski definition) is 1. The smallest absolute Gasteiger partial charge is 0.253 e. The number of carbonyl (C=O) groups excluding carboxylic acids is 1. The van der Waals surface area contributed by atoms with Gasteiger partial charge in [0.05, 0.1) is 5.75 Å². The Morgan fingerprint density at radius 1 is 1.31 bits per heavy atom. The van der Waals surface area contributed by atoms with Gasteiger partial charge in [0.25, 0.3) is 5.78 Å². The number of aryl methyl sites for hydroxylation is 1. The van der Waals surface area contributed by atoms with Crippen LogP contribution in [0.3, 0.4) is 0 Å². The molecule has 0 spiro atoms. The Hall–Kier alpha value is -2.61. The van der Waals surface area contributed by atoms with Crippen molar-refractivity contribution < 1.29 is 4.79 Å². The molecular formula is C18H20N6OS. The van der Waals surface area contributed by atoms with E-state index in [9.17, 15) is 4.79 Å². The van der Waals surface area contributed by atoms with Gasteiger partial charge in [-0.2, -0.15) is 4.98 Å². The lowest BCUT2D eigenvalue weighted by Gasteiger charge is -2.19. The van der Waals surface area contributed by atoms with E-state index >= 15 is 0 Å². The number of amides is 1. The van der Waals surface area contributed by atoms with Gasteiger partial charge in [0.2, 0.25) is 11.1 Å². The molecule has 0 atom stereocenters. The van der Waals surface area contributed by atoms with Gasteiger partial charge in [-0.05, 0) is 49.6 Å². The Labute approximate surface area is 155 Å². The molecule has 0 saturated carbocycles. The fraction of sp³-hybridized carbons (Fsp3) is 0.333. The number of carbonyl (C=O) groups is 1. The molecule has 26 heavy (non-hydrogen) atoms. The maximum absolute atomic E-state index is 12.3. The van der Waals surface area contributed by atoms with Crippen LogP contribution in [0.1, 0.15) is 18.4 Å². The molecule has 2 aromatic heterocycles. The van der Waals surface area contributed by atoms with E-state index in [4.69, 9.17) is 0 Å². The van der Waals surface area contributed by atoms with Crippen LogP contribution in [-0.4, -0.2) is 44.3 Å². The van der Waals surface area contributed by atoms with Gasteiger partial charge in [0.15, 0.2) is 0 Å². The zero-order chi connectivity index (χ0) is 17.9. The average Bonchev–Trinajstić information content (AvgIpc) is 3.31. The Morgan fingerprint density at radius 2 is 2.15 bits per heavy atom. The Kier molecular flexibility index (Phi) is 4.75. The zero-order valence-corrected chi connectivity index (χ0v) is 15.4. The largest absolute Gasteiger partial charge is 0.372 e. The monoisotopic (exact) mass is 368 g/mol. The van der Waals surface area contributed by atoms with Crippen LogP contribution in [0.15, 0.2) is 41.8 Å². The molecule has 1 aliphatic heterocycles. The minimum absolute atomic E-state index is 0.0705. The highest BCUT2D eigenvalue weighted by molar-refractivity contribution is 7.99. The van der Waals surface area contributed by atoms with Crippen LogP contribution in [0.5, 0.6) is 0 Å². The molecule has 1 fully saturated rings. The Balaban J connectivity index is 1.36. The third-order valence-corrected chi connectivity index (χ3v) is 5.22. The number of nitrogens with one attached hydrogen (secondary N) is 1. The summed E-state index contributed by atoms with van der Waals surface area (Å²) in [6.07, 6.45) is 5.95. The fourth-order valence-corrected chi connectivity index (χ4v) is 3.68. The summed E-state index contributed by atoms with van der Waals surface area (Å²) in [6.45, 7) is 4.25. The molecule has 4 rings (SSSR count). The van der Waals surface area contributed by atoms with Gasteiger partial charge in [-0.15, -0.1) is 5.10 Å². The predicted octanol–water partition coefficient (Wildman–Crippen LogP) is 2.76. The van der Waals surface area contributed by atoms with Crippen molar-refractivity contribution in [3.63, 3.8) is 0 Å². The van der Waals surface area contributed by atoms with Crippen LogP contribution in [0.25, 0.3) is 5.78 Å². The first-order valence-electron chi connectivity index (χ1n) is 8.65. The second-order valence-electron chi connectivity index (χ2n) is 6.29. The van der Waals surface area contributed by atoms with E-state index in [-0.39, 0.29) is 11.7 Å². The molecule has 134 valence electrons. The van der Waals surface area contributed by atoms with E-state index < -0.39 is 0 Å². The average molecular weight is 368 g/mol. The van der Waals surface area contributed by atoms with E-state index in [0.717, 1.165) is 24.3 Å². The highest BCUT2D eigenvalue weighted by Gasteiger charge is 2.14. The standard InChI is InChI=1S/C18H20N6OS/c1-13-11-14(23-8-2-3-9-23)5-6-15(13)20-16(25)12-26-18-21-17-19-7-4-10-24(17)22-18/h4-7,10-11H,2-3,8-9,12H2,1H3,(H,20,25). The number of anilines is 2. The summed E-state index contributed by atoms with van der Waals surface area (Å²) in [7, 11) is 0. The lowest BCUT2D eigenvalue weighted by atomic mass is 10.1. The maximum Gasteiger partial charge on any atom is 0.253 e. The lowest BCUT2D eigenvalue weighted by Crippen LogP contribution is -2.18. The van der Waals surface area contributed by atoms with Crippen molar-refractivity contribution in [2.24, 2.45) is 0 Å². The van der Waals surface area contributed by atoms with Crippen molar-refractivity contribution in [2.45, 2.75) is 24.9 Å². The molecule has 7 nitrogen and oxygen atoms in total. The SMILES string of the molecule is Cc1cc(N2CCCC2)ccc1NC(=O)CSc1nc2ncccn2n1. The maximum atomic E-state index is 12.3. The first-order chi connectivity index (χ1) is 12.7. The molecule has 0 aliphatic carbocycles. The summed E-state index contributed by atoms with van der Waals surface area (Å²) in [5.41, 5.74) is 3.15. The second kappa shape index (κ2) is 7.33. The Bertz CT molecular complexity index is 901. The van der Waals surface area contributed by atoms with Crippen molar-refractivity contribution in [1.82, 2.24) is 19.6 Å². The minimum Gasteiger partial charge on any atom is -0.372 e. The quantitative estimate of drug-likeness (QED) is 0.698. The van der Waals surface area contributed by atoms with Crippen molar-refractivity contribution >= 4 is 34.8 Å². The van der Waals surface area contributed by atoms with Gasteiger partial charge in [-0.1, -0.05) is 11.8 Å². The summed E-state index contributed by atoms with van der Waals surface area (Å²) >= 11 is 1.30. The molecular weight excluding hydrogens is 348 g/mol. The van der Waals surface area contributed by atoms with Crippen molar-refractivity contribution in [1.29, 1.82) is 0 Å². The summed E-state index contributed by atoms with van der Waals surface area (Å²) in [4.78, 5) is 23.1. The molecule has 0 radical (unpaired) electrons. The topological polar surface area (TPSA) is 75.4 Å². The van der Waals surface area contributed by atoms with Gasteiger partial charge in [0, 0.05) is 36.9 Å². The van der Waals surface area contributed by atoms with Gasteiger partial charge >= 0.3 is 0 Å². The number of aromatic nitrogens is 4. The van der Waals surface area contributed by atoms with E-state index in [1.807, 2.05) is 13.0 Å². The number of rotatable bonds is 5. The first kappa shape index (κ1) is 16.8. The van der Waals surface area contributed by atoms with Crippen LogP contribution < -0.4 is 10.2 Å². The van der Waals surface area contributed by atoms with Crippen LogP contribution >= 0.6 is 11.8 Å². The van der Waals surface area contributed by atoms with Gasteiger partial charge < -0.3 is 10.2 Å². The fourth-order valence-electron chi connectivity index (χ4n) is 3.05. The third-order valence-electron chi connectivity index (χ3n) is 4.38. The molecule has 0 unspecified atom stereocenters. The van der Waals surface area contributed by atoms with Crippen molar-refractivity contribution in [2.75, 3.05) is 29.1 Å². The summed E-state index contributed by atoms with van der Waals surface area (Å²) in [6, 6.07) is 8.00. The number of fused-ring (bicyclic) bond motifs is 1. The van der Waals surface area contributed by atoms with Crippen molar-refractivity contribution in [3.8, 4) is 0 Å². The van der Waals surface area contributed by atoms with Crippen LogP contribution in [0, 0.1) is 6.92 Å². The van der Waals surface area contributed by atoms with Crippen LogP contribution in [-0.2, 0) is 4.79 Å². The number of hydrogen-bond acceptors (Lipinski definition) is 6. The normalized spacial score (nSPS) is 14.1. The molecule has 3 heterocycles. The van der Waals surface area contributed by atoms with Gasteiger partial charge in [-0.3, -0.25) is 4.79 Å². The van der Waals surface area contributed by atoms with Crippen LogP contribution in [0.2, 0.25) is 0 Å². The zero-order valence-electron chi connectivity index (χ0n) is 14.6. The van der Waals surface area contributed by atoms with E-state index in [0.29, 0.717) is 10.9 Å². The highest BCUT2D eigenvalue weighted by Crippen LogP contribution is 2.25. The predicted molar refractivity (Wildman–Crippen MR) is 103 cm³/mol. The van der Waals surface area contributed by atoms with E-state index in [1.165, 1.54) is 30.3 Å². The lowest BCUT2D eigenvalue weighted by molar-refractivity contribution is -0.113. The molecule has 1 N–H and O–H groups in total. The van der Waals surface area contributed by atoms with Crippen LogP contribution in [0.4, 0.5) is 11.4 Å². The number of benzene rings is 1. The highest BCUT2D eigenvalue weighted by atomic mass is 32.2. The van der Waals surface area contributed by atoms with E-state index in [2.05, 4.69) is 37.4 Å². The van der Waals surface area contributed by atoms with Gasteiger partial charge in [-0.25, -0.2) is 9.50 Å². The molecule has 1 aromatic carbocycles.